The van der Waals surface area contributed by atoms with Crippen LogP contribution in [0.25, 0.3) is 17.0 Å². The Morgan fingerprint density at radius 3 is 2.71 bits per heavy atom. The Hall–Kier alpha value is -2.10. The van der Waals surface area contributed by atoms with Gasteiger partial charge < -0.3 is 4.57 Å². The quantitative estimate of drug-likeness (QED) is 0.587. The van der Waals surface area contributed by atoms with Crippen molar-refractivity contribution in [1.82, 2.24) is 4.57 Å². The van der Waals surface area contributed by atoms with Crippen molar-refractivity contribution in [3.05, 3.63) is 51.3 Å². The van der Waals surface area contributed by atoms with Gasteiger partial charge in [0.25, 0.3) is 0 Å². The van der Waals surface area contributed by atoms with Crippen molar-refractivity contribution >= 4 is 17.0 Å². The number of para-hydroxylation sites is 1. The minimum atomic E-state index is -0.360. The summed E-state index contributed by atoms with van der Waals surface area (Å²) in [4.78, 5) is 10.3. The zero-order valence-electron chi connectivity index (χ0n) is 10.1. The molecule has 0 aliphatic rings. The van der Waals surface area contributed by atoms with Gasteiger partial charge in [0, 0.05) is 42.2 Å². The fourth-order valence-corrected chi connectivity index (χ4v) is 1.99. The Labute approximate surface area is 99.3 Å². The summed E-state index contributed by atoms with van der Waals surface area (Å²) in [6, 6.07) is 7.92. The number of nitrogens with zero attached hydrogens (tertiary/aromatic N) is 2. The van der Waals surface area contributed by atoms with E-state index >= 15 is 0 Å². The van der Waals surface area contributed by atoms with Crippen LogP contribution in [0, 0.1) is 17.0 Å². The van der Waals surface area contributed by atoms with Crippen molar-refractivity contribution < 1.29 is 4.92 Å². The van der Waals surface area contributed by atoms with Crippen LogP contribution >= 0.6 is 0 Å². The van der Waals surface area contributed by atoms with Crippen LogP contribution in [0.2, 0.25) is 0 Å². The third-order valence-electron chi connectivity index (χ3n) is 3.09. The summed E-state index contributed by atoms with van der Waals surface area (Å²) >= 11 is 0. The van der Waals surface area contributed by atoms with Gasteiger partial charge in [-0.1, -0.05) is 18.2 Å². The highest BCUT2D eigenvalue weighted by Crippen LogP contribution is 2.26. The third kappa shape index (κ3) is 1.82. The van der Waals surface area contributed by atoms with Crippen LogP contribution in [0.5, 0.6) is 0 Å². The van der Waals surface area contributed by atoms with Gasteiger partial charge in [0.2, 0.25) is 5.70 Å². The lowest BCUT2D eigenvalue weighted by atomic mass is 10.1. The van der Waals surface area contributed by atoms with Crippen LogP contribution < -0.4 is 0 Å². The van der Waals surface area contributed by atoms with E-state index < -0.39 is 0 Å². The average molecular weight is 230 g/mol. The summed E-state index contributed by atoms with van der Waals surface area (Å²) in [5.41, 5.74) is 3.21. The summed E-state index contributed by atoms with van der Waals surface area (Å²) in [5, 5.41) is 11.7. The molecule has 0 bridgehead atoms. The van der Waals surface area contributed by atoms with Gasteiger partial charge in [0.05, 0.1) is 4.92 Å². The number of rotatable bonds is 2. The maximum absolute atomic E-state index is 10.7. The van der Waals surface area contributed by atoms with Crippen molar-refractivity contribution in [2.75, 3.05) is 0 Å². The Bertz CT molecular complexity index is 624. The van der Waals surface area contributed by atoms with Crippen LogP contribution in [0.1, 0.15) is 18.2 Å². The highest BCUT2D eigenvalue weighted by Gasteiger charge is 2.12. The Morgan fingerprint density at radius 2 is 2.06 bits per heavy atom. The lowest BCUT2D eigenvalue weighted by molar-refractivity contribution is -0.422. The number of allylic oxidation sites excluding steroid dienone is 1. The second-order valence-electron chi connectivity index (χ2n) is 4.12. The van der Waals surface area contributed by atoms with Gasteiger partial charge in [-0.05, 0) is 13.0 Å². The molecule has 0 saturated heterocycles. The molecule has 0 aliphatic carbocycles. The van der Waals surface area contributed by atoms with Crippen LogP contribution in [-0.2, 0) is 7.05 Å². The van der Waals surface area contributed by atoms with E-state index in [4.69, 9.17) is 0 Å². The minimum absolute atomic E-state index is 0.157. The number of fused-ring (bicyclic) bond motifs is 1. The molecule has 0 fully saturated rings. The van der Waals surface area contributed by atoms with Gasteiger partial charge in [-0.15, -0.1) is 0 Å². The summed E-state index contributed by atoms with van der Waals surface area (Å²) in [6.07, 6.45) is 1.64. The molecule has 4 heteroatoms. The van der Waals surface area contributed by atoms with Crippen LogP contribution in [0.15, 0.2) is 30.0 Å². The molecule has 1 aromatic carbocycles. The van der Waals surface area contributed by atoms with E-state index in [1.807, 2.05) is 42.8 Å². The fourth-order valence-electron chi connectivity index (χ4n) is 1.99. The largest absolute Gasteiger partial charge is 0.347 e. The zero-order chi connectivity index (χ0) is 12.6. The maximum Gasteiger partial charge on any atom is 0.243 e. The minimum Gasteiger partial charge on any atom is -0.347 e. The molecule has 0 N–H and O–H groups in total. The van der Waals surface area contributed by atoms with Crippen molar-refractivity contribution in [2.24, 2.45) is 7.05 Å². The molecule has 88 valence electrons. The number of aromatic nitrogens is 1. The molecule has 0 unspecified atom stereocenters. The number of nitro groups is 1. The van der Waals surface area contributed by atoms with Gasteiger partial charge >= 0.3 is 0 Å². The topological polar surface area (TPSA) is 48.1 Å². The number of aryl methyl sites for hydroxylation is 1. The molecule has 1 aromatic heterocycles. The van der Waals surface area contributed by atoms with E-state index in [0.29, 0.717) is 0 Å². The van der Waals surface area contributed by atoms with E-state index in [1.54, 1.807) is 6.08 Å². The number of hydrogen-bond donors (Lipinski definition) is 0. The molecule has 2 rings (SSSR count). The van der Waals surface area contributed by atoms with Gasteiger partial charge in [0.15, 0.2) is 0 Å². The Morgan fingerprint density at radius 1 is 1.41 bits per heavy atom. The van der Waals surface area contributed by atoms with Crippen molar-refractivity contribution in [2.45, 2.75) is 13.8 Å². The first-order chi connectivity index (χ1) is 8.02. The Kier molecular flexibility index (Phi) is 2.71. The Balaban J connectivity index is 2.74. The summed E-state index contributed by atoms with van der Waals surface area (Å²) in [6.45, 7) is 3.49. The smallest absolute Gasteiger partial charge is 0.243 e. The molecule has 1 heterocycles. The lowest BCUT2D eigenvalue weighted by Gasteiger charge is -1.97. The lowest BCUT2D eigenvalue weighted by Crippen LogP contribution is -1.94. The molecule has 0 saturated carbocycles. The molecular formula is C13H14N2O2. The SMILES string of the molecule is C/C(=C\c1c(C)n(C)c2ccccc12)[N+](=O)[O-]. The standard InChI is InChI=1S/C13H14N2O2/c1-9(15(16)17)8-12-10(2)14(3)13-7-5-4-6-11(12)13/h4-8H,1-3H3/b9-8+. The predicted molar refractivity (Wildman–Crippen MR) is 68.3 cm³/mol. The first kappa shape index (κ1) is 11.4. The number of hydrogen-bond acceptors (Lipinski definition) is 2. The summed E-state index contributed by atoms with van der Waals surface area (Å²) < 4.78 is 2.05. The fraction of sp³-hybridized carbons (Fsp3) is 0.231. The van der Waals surface area contributed by atoms with E-state index in [9.17, 15) is 10.1 Å². The highest BCUT2D eigenvalue weighted by molar-refractivity contribution is 5.91. The normalized spacial score (nSPS) is 12.1. The molecule has 2 aromatic rings. The second kappa shape index (κ2) is 4.05. The van der Waals surface area contributed by atoms with Gasteiger partial charge in [-0.3, -0.25) is 10.1 Å². The maximum atomic E-state index is 10.7. The first-order valence-corrected chi connectivity index (χ1v) is 5.39. The van der Waals surface area contributed by atoms with Crippen molar-refractivity contribution in [3.63, 3.8) is 0 Å². The van der Waals surface area contributed by atoms with Crippen molar-refractivity contribution in [1.29, 1.82) is 0 Å². The molecule has 4 nitrogen and oxygen atoms in total. The first-order valence-electron chi connectivity index (χ1n) is 5.39. The predicted octanol–water partition coefficient (Wildman–Crippen LogP) is 3.12. The highest BCUT2D eigenvalue weighted by atomic mass is 16.6. The molecule has 17 heavy (non-hydrogen) atoms. The third-order valence-corrected chi connectivity index (χ3v) is 3.09. The van der Waals surface area contributed by atoms with Gasteiger partial charge in [0.1, 0.15) is 0 Å². The number of benzene rings is 1. The summed E-state index contributed by atoms with van der Waals surface area (Å²) in [5.74, 6) is 0. The zero-order valence-corrected chi connectivity index (χ0v) is 10.1. The van der Waals surface area contributed by atoms with E-state index in [-0.39, 0.29) is 10.6 Å². The van der Waals surface area contributed by atoms with E-state index in [2.05, 4.69) is 0 Å². The summed E-state index contributed by atoms with van der Waals surface area (Å²) in [7, 11) is 1.97. The molecule has 0 aliphatic heterocycles. The van der Waals surface area contributed by atoms with Crippen molar-refractivity contribution in [3.8, 4) is 0 Å². The van der Waals surface area contributed by atoms with Gasteiger partial charge in [-0.2, -0.15) is 0 Å². The molecule has 0 spiro atoms. The molecule has 0 radical (unpaired) electrons. The van der Waals surface area contributed by atoms with Crippen LogP contribution in [0.4, 0.5) is 0 Å². The molecular weight excluding hydrogens is 216 g/mol. The monoisotopic (exact) mass is 230 g/mol. The van der Waals surface area contributed by atoms with Crippen LogP contribution in [-0.4, -0.2) is 9.49 Å². The van der Waals surface area contributed by atoms with E-state index in [0.717, 1.165) is 22.2 Å². The molecule has 0 atom stereocenters. The average Bonchev–Trinajstić information content (AvgIpc) is 2.55. The van der Waals surface area contributed by atoms with Crippen LogP contribution in [0.3, 0.4) is 0 Å². The van der Waals surface area contributed by atoms with E-state index in [1.165, 1.54) is 6.92 Å². The second-order valence-corrected chi connectivity index (χ2v) is 4.12. The van der Waals surface area contributed by atoms with Gasteiger partial charge in [-0.25, -0.2) is 0 Å². The molecule has 0 amide bonds.